The average molecular weight is 247 g/mol. The van der Waals surface area contributed by atoms with Crippen LogP contribution in [0.3, 0.4) is 0 Å². The van der Waals surface area contributed by atoms with E-state index in [-0.39, 0.29) is 0 Å². The first-order chi connectivity index (χ1) is 6.92. The van der Waals surface area contributed by atoms with E-state index >= 15 is 0 Å². The number of benzene rings is 2. The van der Waals surface area contributed by atoms with Gasteiger partial charge in [-0.05, 0) is 0 Å². The zero-order valence-electron chi connectivity index (χ0n) is 7.94. The minimum atomic E-state index is 0.530. The van der Waals surface area contributed by atoms with E-state index in [0.29, 0.717) is 15.0 Å². The molecule has 0 aliphatic rings. The number of hydrogen-bond donors (Lipinski definition) is 0. The van der Waals surface area contributed by atoms with Gasteiger partial charge in [-0.3, -0.25) is 0 Å². The molecular weight excluding hydrogens is 235 g/mol. The molecule has 0 aromatic heterocycles. The molecule has 2 rings (SSSR count). The number of rotatable bonds is 3. The summed E-state index contributed by atoms with van der Waals surface area (Å²) in [6, 6.07) is 15.1. The molecule has 70 valence electrons. The third-order valence-electron chi connectivity index (χ3n) is 2.11. The fraction of sp³-hybridized carbons (Fsp3) is 0.0769. The van der Waals surface area contributed by atoms with E-state index in [1.165, 1.54) is 15.2 Å². The summed E-state index contributed by atoms with van der Waals surface area (Å²) in [5.41, 5.74) is 0. The molecule has 0 heterocycles. The van der Waals surface area contributed by atoms with E-state index in [1.807, 2.05) is 6.08 Å². The molecule has 0 bridgehead atoms. The van der Waals surface area contributed by atoms with Crippen LogP contribution < -0.4 is 4.46 Å². The molecule has 0 fully saturated rings. The Morgan fingerprint density at radius 3 is 2.71 bits per heavy atom. The molecule has 0 unspecified atom stereocenters. The van der Waals surface area contributed by atoms with Gasteiger partial charge in [0, 0.05) is 0 Å². The summed E-state index contributed by atoms with van der Waals surface area (Å²) in [6.07, 6.45) is 2.00. The van der Waals surface area contributed by atoms with Crippen molar-refractivity contribution in [3.8, 4) is 0 Å². The van der Waals surface area contributed by atoms with E-state index in [9.17, 15) is 0 Å². The molecule has 0 spiro atoms. The quantitative estimate of drug-likeness (QED) is 0.578. The second-order valence-electron chi connectivity index (χ2n) is 3.08. The van der Waals surface area contributed by atoms with E-state index in [1.54, 1.807) is 0 Å². The van der Waals surface area contributed by atoms with Crippen LogP contribution in [0.15, 0.2) is 55.1 Å². The Kier molecular flexibility index (Phi) is 3.03. The molecular formula is C13H12Se. The topological polar surface area (TPSA) is 0 Å². The van der Waals surface area contributed by atoms with Crippen molar-refractivity contribution in [2.45, 2.75) is 5.32 Å². The van der Waals surface area contributed by atoms with Gasteiger partial charge in [0.1, 0.15) is 0 Å². The van der Waals surface area contributed by atoms with Crippen LogP contribution in [-0.4, -0.2) is 15.0 Å². The Morgan fingerprint density at radius 1 is 1.07 bits per heavy atom. The predicted molar refractivity (Wildman–Crippen MR) is 64.3 cm³/mol. The second-order valence-corrected chi connectivity index (χ2v) is 5.30. The predicted octanol–water partition coefficient (Wildman–Crippen LogP) is 2.77. The molecule has 0 aliphatic carbocycles. The van der Waals surface area contributed by atoms with Crippen LogP contribution in [-0.2, 0) is 0 Å². The molecule has 0 radical (unpaired) electrons. The van der Waals surface area contributed by atoms with Crippen LogP contribution in [0.2, 0.25) is 5.32 Å². The van der Waals surface area contributed by atoms with Gasteiger partial charge in [-0.2, -0.15) is 0 Å². The molecule has 2 aromatic rings. The summed E-state index contributed by atoms with van der Waals surface area (Å²) in [6.45, 7) is 3.77. The number of fused-ring (bicyclic) bond motifs is 1. The van der Waals surface area contributed by atoms with Gasteiger partial charge < -0.3 is 0 Å². The number of allylic oxidation sites excluding steroid dienone is 1. The summed E-state index contributed by atoms with van der Waals surface area (Å²) >= 11 is 0.530. The van der Waals surface area contributed by atoms with Gasteiger partial charge in [0.05, 0.1) is 0 Å². The van der Waals surface area contributed by atoms with Crippen molar-refractivity contribution < 1.29 is 0 Å². The summed E-state index contributed by atoms with van der Waals surface area (Å²) in [4.78, 5) is 0. The zero-order chi connectivity index (χ0) is 9.80. The van der Waals surface area contributed by atoms with Gasteiger partial charge >= 0.3 is 90.6 Å². The molecule has 0 nitrogen and oxygen atoms in total. The molecule has 0 saturated carbocycles. The van der Waals surface area contributed by atoms with Crippen molar-refractivity contribution >= 4 is 30.2 Å². The third-order valence-corrected chi connectivity index (χ3v) is 4.35. The second kappa shape index (κ2) is 4.45. The van der Waals surface area contributed by atoms with Crippen LogP contribution >= 0.6 is 0 Å². The minimum absolute atomic E-state index is 0.530. The molecule has 2 aromatic carbocycles. The van der Waals surface area contributed by atoms with E-state index in [2.05, 4.69) is 49.0 Å². The van der Waals surface area contributed by atoms with Crippen LogP contribution in [0.4, 0.5) is 0 Å². The van der Waals surface area contributed by atoms with E-state index in [4.69, 9.17) is 0 Å². The first-order valence-corrected chi connectivity index (χ1v) is 6.70. The van der Waals surface area contributed by atoms with Gasteiger partial charge in [0.25, 0.3) is 0 Å². The Balaban J connectivity index is 2.48. The molecule has 0 saturated heterocycles. The first-order valence-electron chi connectivity index (χ1n) is 4.63. The molecule has 0 amide bonds. The monoisotopic (exact) mass is 248 g/mol. The molecule has 0 atom stereocenters. The Labute approximate surface area is 90.8 Å². The maximum absolute atomic E-state index is 3.77. The third kappa shape index (κ3) is 1.89. The van der Waals surface area contributed by atoms with Gasteiger partial charge in [0.15, 0.2) is 0 Å². The molecule has 0 aliphatic heterocycles. The van der Waals surface area contributed by atoms with Crippen molar-refractivity contribution in [1.29, 1.82) is 0 Å². The molecule has 14 heavy (non-hydrogen) atoms. The Morgan fingerprint density at radius 2 is 1.86 bits per heavy atom. The Hall–Kier alpha value is -1.04. The maximum atomic E-state index is 3.77. The van der Waals surface area contributed by atoms with Crippen molar-refractivity contribution in [3.05, 3.63) is 55.1 Å². The van der Waals surface area contributed by atoms with Gasteiger partial charge in [-0.25, -0.2) is 0 Å². The van der Waals surface area contributed by atoms with Gasteiger partial charge in [0.2, 0.25) is 0 Å². The van der Waals surface area contributed by atoms with Crippen LogP contribution in [0.5, 0.6) is 0 Å². The zero-order valence-corrected chi connectivity index (χ0v) is 9.65. The summed E-state index contributed by atoms with van der Waals surface area (Å²) in [7, 11) is 0. The molecule has 1 heteroatoms. The van der Waals surface area contributed by atoms with Crippen molar-refractivity contribution in [3.63, 3.8) is 0 Å². The van der Waals surface area contributed by atoms with Crippen molar-refractivity contribution in [1.82, 2.24) is 0 Å². The summed E-state index contributed by atoms with van der Waals surface area (Å²) in [5, 5.41) is 3.86. The van der Waals surface area contributed by atoms with Crippen molar-refractivity contribution in [2.24, 2.45) is 0 Å². The summed E-state index contributed by atoms with van der Waals surface area (Å²) < 4.78 is 1.48. The fourth-order valence-electron chi connectivity index (χ4n) is 1.47. The van der Waals surface area contributed by atoms with Crippen LogP contribution in [0, 0.1) is 0 Å². The first kappa shape index (κ1) is 9.51. The van der Waals surface area contributed by atoms with Gasteiger partial charge in [-0.15, -0.1) is 0 Å². The average Bonchev–Trinajstić information content (AvgIpc) is 2.26. The van der Waals surface area contributed by atoms with Crippen LogP contribution in [0.25, 0.3) is 10.8 Å². The normalized spacial score (nSPS) is 10.3. The summed E-state index contributed by atoms with van der Waals surface area (Å²) in [5.74, 6) is 0. The van der Waals surface area contributed by atoms with Crippen LogP contribution in [0.1, 0.15) is 0 Å². The number of hydrogen-bond acceptors (Lipinski definition) is 0. The standard InChI is InChI=1S/C13H12Se/c1-2-10-14-13-9-5-7-11-6-3-4-8-12(11)13/h2-9H,1,10H2. The van der Waals surface area contributed by atoms with E-state index < -0.39 is 0 Å². The van der Waals surface area contributed by atoms with Crippen molar-refractivity contribution in [2.75, 3.05) is 0 Å². The molecule has 0 N–H and O–H groups in total. The SMILES string of the molecule is C=CC[Se]c1cccc2ccccc12. The van der Waals surface area contributed by atoms with Gasteiger partial charge in [-0.1, -0.05) is 0 Å². The fourth-order valence-corrected chi connectivity index (χ4v) is 3.18. The Bertz CT molecular complexity index is 440. The van der Waals surface area contributed by atoms with E-state index in [0.717, 1.165) is 5.32 Å².